The van der Waals surface area contributed by atoms with Crippen LogP contribution in [0.15, 0.2) is 52.2 Å². The molecule has 26 heavy (non-hydrogen) atoms. The van der Waals surface area contributed by atoms with Crippen LogP contribution in [0, 0.1) is 12.7 Å². The minimum absolute atomic E-state index is 0.239. The van der Waals surface area contributed by atoms with E-state index in [-0.39, 0.29) is 11.4 Å². The van der Waals surface area contributed by atoms with Gasteiger partial charge in [-0.2, -0.15) is 0 Å². The Balaban J connectivity index is 1.79. The number of hydrogen-bond donors (Lipinski definition) is 1. The van der Waals surface area contributed by atoms with Gasteiger partial charge in [-0.1, -0.05) is 17.7 Å². The van der Waals surface area contributed by atoms with Crippen molar-refractivity contribution in [2.24, 2.45) is 7.05 Å². The van der Waals surface area contributed by atoms with Crippen molar-refractivity contribution in [2.75, 3.05) is 5.32 Å². The van der Waals surface area contributed by atoms with Gasteiger partial charge in [-0.15, -0.1) is 22.0 Å². The summed E-state index contributed by atoms with van der Waals surface area (Å²) in [5, 5.41) is 11.9. The first-order valence-electron chi connectivity index (χ1n) is 7.79. The van der Waals surface area contributed by atoms with Crippen molar-refractivity contribution in [3.05, 3.63) is 74.9 Å². The molecule has 0 aliphatic rings. The Hall–Kier alpha value is -2.38. The van der Waals surface area contributed by atoms with E-state index in [1.807, 2.05) is 19.1 Å². The van der Waals surface area contributed by atoms with Gasteiger partial charge in [0.2, 0.25) is 5.95 Å². The highest BCUT2D eigenvalue weighted by Gasteiger charge is 2.11. The van der Waals surface area contributed by atoms with E-state index in [1.165, 1.54) is 28.5 Å². The Bertz CT molecular complexity index is 991. The van der Waals surface area contributed by atoms with Crippen LogP contribution in [-0.2, 0) is 12.8 Å². The lowest BCUT2D eigenvalue weighted by atomic mass is 10.2. The van der Waals surface area contributed by atoms with Gasteiger partial charge in [0.1, 0.15) is 11.5 Å². The van der Waals surface area contributed by atoms with E-state index < -0.39 is 0 Å². The van der Waals surface area contributed by atoms with Gasteiger partial charge in [0.05, 0.1) is 0 Å². The second-order valence-corrected chi connectivity index (χ2v) is 7.07. The van der Waals surface area contributed by atoms with E-state index in [0.717, 1.165) is 16.1 Å². The molecule has 0 saturated heterocycles. The van der Waals surface area contributed by atoms with E-state index >= 15 is 0 Å². The lowest BCUT2D eigenvalue weighted by molar-refractivity contribution is 0.626. The molecule has 0 unspecified atom stereocenters. The topological polar surface area (TPSA) is 59.8 Å². The highest BCUT2D eigenvalue weighted by atomic mass is 35.5. The summed E-state index contributed by atoms with van der Waals surface area (Å²) in [6.07, 6.45) is 0. The Labute approximate surface area is 159 Å². The highest BCUT2D eigenvalue weighted by Crippen LogP contribution is 2.25. The lowest BCUT2D eigenvalue weighted by Crippen LogP contribution is -2.26. The molecule has 8 heteroatoms. The Kier molecular flexibility index (Phi) is 5.58. The fraction of sp³-hybridized carbons (Fsp3) is 0.167. The summed E-state index contributed by atoms with van der Waals surface area (Å²) in [4.78, 5) is 13.4. The van der Waals surface area contributed by atoms with Crippen LogP contribution in [0.5, 0.6) is 0 Å². The summed E-state index contributed by atoms with van der Waals surface area (Å²) in [5.74, 6) is 0.384. The summed E-state index contributed by atoms with van der Waals surface area (Å²) in [6.45, 7) is 1.88. The molecule has 3 rings (SSSR count). The number of benzene rings is 2. The second kappa shape index (κ2) is 7.88. The quantitative estimate of drug-likeness (QED) is 0.658. The minimum atomic E-state index is -0.295. The zero-order chi connectivity index (χ0) is 18.7. The van der Waals surface area contributed by atoms with Crippen molar-refractivity contribution in [3.8, 4) is 0 Å². The Morgan fingerprint density at radius 3 is 2.65 bits per heavy atom. The van der Waals surface area contributed by atoms with Crippen molar-refractivity contribution < 1.29 is 4.39 Å². The zero-order valence-corrected chi connectivity index (χ0v) is 15.7. The van der Waals surface area contributed by atoms with Crippen LogP contribution in [0.4, 0.5) is 16.0 Å². The molecule has 0 aliphatic carbocycles. The van der Waals surface area contributed by atoms with Crippen molar-refractivity contribution in [2.45, 2.75) is 17.6 Å². The zero-order valence-electron chi connectivity index (χ0n) is 14.2. The molecule has 0 bridgehead atoms. The van der Waals surface area contributed by atoms with Crippen molar-refractivity contribution >= 4 is 35.0 Å². The number of aromatic nitrogens is 3. The van der Waals surface area contributed by atoms with E-state index in [0.29, 0.717) is 22.4 Å². The molecular formula is C18H16ClFN4OS. The molecule has 0 radical (unpaired) electrons. The number of nitrogens with one attached hydrogen (secondary N) is 1. The standard InChI is InChI=1S/C18H16ClFN4OS/c1-11-14(19)4-3-5-15(11)21-18-23-22-16(17(25)24(18)2)10-26-13-8-6-12(20)7-9-13/h3-9H,10H2,1-2H3,(H,21,23). The van der Waals surface area contributed by atoms with Crippen LogP contribution in [0.1, 0.15) is 11.3 Å². The molecule has 134 valence electrons. The number of halogens is 2. The van der Waals surface area contributed by atoms with Gasteiger partial charge in [-0.05, 0) is 48.9 Å². The van der Waals surface area contributed by atoms with Gasteiger partial charge in [0.15, 0.2) is 0 Å². The number of hydrogen-bond acceptors (Lipinski definition) is 5. The minimum Gasteiger partial charge on any atom is -0.324 e. The van der Waals surface area contributed by atoms with Crippen LogP contribution >= 0.6 is 23.4 Å². The molecule has 1 aromatic heterocycles. The third-order valence-corrected chi connectivity index (χ3v) is 5.27. The molecule has 0 saturated carbocycles. The van der Waals surface area contributed by atoms with Crippen LogP contribution in [0.2, 0.25) is 5.02 Å². The van der Waals surface area contributed by atoms with Crippen molar-refractivity contribution in [1.29, 1.82) is 0 Å². The van der Waals surface area contributed by atoms with Crippen molar-refractivity contribution in [3.63, 3.8) is 0 Å². The van der Waals surface area contributed by atoms with Gasteiger partial charge in [0.25, 0.3) is 5.56 Å². The van der Waals surface area contributed by atoms with E-state index in [9.17, 15) is 9.18 Å². The lowest BCUT2D eigenvalue weighted by Gasteiger charge is -2.12. The first kappa shape index (κ1) is 18.4. The predicted molar refractivity (Wildman–Crippen MR) is 103 cm³/mol. The van der Waals surface area contributed by atoms with Gasteiger partial charge < -0.3 is 5.32 Å². The molecule has 0 aliphatic heterocycles. The third-order valence-electron chi connectivity index (χ3n) is 3.84. The van der Waals surface area contributed by atoms with Gasteiger partial charge in [-0.3, -0.25) is 9.36 Å². The number of anilines is 2. The molecule has 1 heterocycles. The van der Waals surface area contributed by atoms with Crippen molar-refractivity contribution in [1.82, 2.24) is 14.8 Å². The molecule has 1 N–H and O–H groups in total. The number of rotatable bonds is 5. The maximum absolute atomic E-state index is 12.9. The second-order valence-electron chi connectivity index (χ2n) is 5.61. The molecule has 5 nitrogen and oxygen atoms in total. The molecular weight excluding hydrogens is 375 g/mol. The normalized spacial score (nSPS) is 10.8. The summed E-state index contributed by atoms with van der Waals surface area (Å²) < 4.78 is 14.4. The average molecular weight is 391 g/mol. The Morgan fingerprint density at radius 2 is 1.92 bits per heavy atom. The van der Waals surface area contributed by atoms with E-state index in [4.69, 9.17) is 11.6 Å². The average Bonchev–Trinajstić information content (AvgIpc) is 2.63. The first-order chi connectivity index (χ1) is 12.5. The Morgan fingerprint density at radius 1 is 1.19 bits per heavy atom. The summed E-state index contributed by atoms with van der Waals surface area (Å²) in [6, 6.07) is 11.6. The van der Waals surface area contributed by atoms with E-state index in [2.05, 4.69) is 15.5 Å². The molecule has 2 aromatic carbocycles. The molecule has 0 atom stereocenters. The summed E-state index contributed by atoms with van der Waals surface area (Å²) in [7, 11) is 1.63. The SMILES string of the molecule is Cc1c(Cl)cccc1Nc1nnc(CSc2ccc(F)cc2)c(=O)n1C. The van der Waals surface area contributed by atoms with Gasteiger partial charge >= 0.3 is 0 Å². The van der Waals surface area contributed by atoms with Gasteiger partial charge in [-0.25, -0.2) is 4.39 Å². The molecule has 0 spiro atoms. The van der Waals surface area contributed by atoms with Crippen LogP contribution in [-0.4, -0.2) is 14.8 Å². The van der Waals surface area contributed by atoms with Crippen LogP contribution < -0.4 is 10.9 Å². The monoisotopic (exact) mass is 390 g/mol. The number of thioether (sulfide) groups is 1. The van der Waals surface area contributed by atoms with Crippen LogP contribution in [0.25, 0.3) is 0 Å². The van der Waals surface area contributed by atoms with Crippen LogP contribution in [0.3, 0.4) is 0 Å². The maximum atomic E-state index is 12.9. The fourth-order valence-electron chi connectivity index (χ4n) is 2.25. The summed E-state index contributed by atoms with van der Waals surface area (Å²) >= 11 is 7.51. The van der Waals surface area contributed by atoms with E-state index in [1.54, 1.807) is 25.2 Å². The smallest absolute Gasteiger partial charge is 0.277 e. The maximum Gasteiger partial charge on any atom is 0.277 e. The van der Waals surface area contributed by atoms with Gasteiger partial charge in [0, 0.05) is 28.4 Å². The molecule has 3 aromatic rings. The molecule has 0 amide bonds. The first-order valence-corrected chi connectivity index (χ1v) is 9.15. The fourth-order valence-corrected chi connectivity index (χ4v) is 3.24. The number of nitrogens with zero attached hydrogens (tertiary/aromatic N) is 3. The highest BCUT2D eigenvalue weighted by molar-refractivity contribution is 7.98. The largest absolute Gasteiger partial charge is 0.324 e. The molecule has 0 fully saturated rings. The third kappa shape index (κ3) is 4.05. The summed E-state index contributed by atoms with van der Waals surface area (Å²) in [5.41, 5.74) is 1.71. The predicted octanol–water partition coefficient (Wildman–Crippen LogP) is 4.31.